The topological polar surface area (TPSA) is 46.6 Å². The number of fused-ring (bicyclic) bond motifs is 1. The van der Waals surface area contributed by atoms with Crippen LogP contribution < -0.4 is 0 Å². The zero-order valence-electron chi connectivity index (χ0n) is 15.1. The first-order chi connectivity index (χ1) is 11.8. The van der Waals surface area contributed by atoms with Gasteiger partial charge in [0, 0.05) is 12.5 Å². The molecule has 0 saturated carbocycles. The largest absolute Gasteiger partial charge is 0.444 e. The number of ketones is 1. The van der Waals surface area contributed by atoms with Gasteiger partial charge in [0.2, 0.25) is 0 Å². The molecule has 0 spiro atoms. The Hall–Kier alpha value is -2.36. The zero-order valence-corrected chi connectivity index (χ0v) is 15.1. The summed E-state index contributed by atoms with van der Waals surface area (Å²) < 4.78 is 5.37. The lowest BCUT2D eigenvalue weighted by atomic mass is 9.95. The highest BCUT2D eigenvalue weighted by Gasteiger charge is 2.35. The molecule has 1 amide bonds. The fraction of sp³-hybridized carbons (Fsp3) is 0.429. The predicted octanol–water partition coefficient (Wildman–Crippen LogP) is 4.21. The van der Waals surface area contributed by atoms with Crippen molar-refractivity contribution in [2.75, 3.05) is 13.1 Å². The summed E-state index contributed by atoms with van der Waals surface area (Å²) >= 11 is 0. The van der Waals surface area contributed by atoms with Gasteiger partial charge in [-0.2, -0.15) is 0 Å². The lowest BCUT2D eigenvalue weighted by Gasteiger charge is -2.24. The minimum atomic E-state index is -0.541. The van der Waals surface area contributed by atoms with E-state index in [0.29, 0.717) is 6.54 Å². The van der Waals surface area contributed by atoms with Crippen molar-refractivity contribution in [3.8, 4) is 0 Å². The molecular weight excluding hydrogens is 314 g/mol. The van der Waals surface area contributed by atoms with Crippen molar-refractivity contribution in [1.29, 1.82) is 0 Å². The Bertz CT molecular complexity index is 786. The molecule has 4 nitrogen and oxygen atoms in total. The third-order valence-corrected chi connectivity index (χ3v) is 4.54. The van der Waals surface area contributed by atoms with Crippen LogP contribution in [-0.2, 0) is 16.0 Å². The summed E-state index contributed by atoms with van der Waals surface area (Å²) in [5.41, 5.74) is 0.711. The number of ether oxygens (including phenoxy) is 1. The highest BCUT2D eigenvalue weighted by Crippen LogP contribution is 2.24. The molecule has 1 heterocycles. The number of nitrogens with zero attached hydrogens (tertiary/aromatic N) is 1. The molecule has 0 radical (unpaired) electrons. The number of hydrogen-bond donors (Lipinski definition) is 0. The van der Waals surface area contributed by atoms with Crippen LogP contribution in [0, 0.1) is 5.92 Å². The summed E-state index contributed by atoms with van der Waals surface area (Å²) in [6.45, 7) is 6.12. The van der Waals surface area contributed by atoms with Crippen LogP contribution in [0.5, 0.6) is 0 Å². The van der Waals surface area contributed by atoms with Gasteiger partial charge in [0.25, 0.3) is 0 Å². The summed E-state index contributed by atoms with van der Waals surface area (Å²) in [4.78, 5) is 26.0. The average molecular weight is 339 g/mol. The predicted molar refractivity (Wildman–Crippen MR) is 98.6 cm³/mol. The maximum atomic E-state index is 12.3. The molecule has 0 bridgehead atoms. The SMILES string of the molecule is CC(C)(C)OC(=O)N1CC(=O)C(CCc2cccc3ccccc23)C1. The molecule has 2 aromatic rings. The summed E-state index contributed by atoms with van der Waals surface area (Å²) in [6.07, 6.45) is 1.19. The monoisotopic (exact) mass is 339 g/mol. The molecule has 0 aromatic heterocycles. The minimum Gasteiger partial charge on any atom is -0.444 e. The van der Waals surface area contributed by atoms with Crippen molar-refractivity contribution >= 4 is 22.6 Å². The van der Waals surface area contributed by atoms with E-state index >= 15 is 0 Å². The van der Waals surface area contributed by atoms with Crippen LogP contribution in [0.25, 0.3) is 10.8 Å². The Morgan fingerprint density at radius 3 is 2.64 bits per heavy atom. The quantitative estimate of drug-likeness (QED) is 0.841. The van der Waals surface area contributed by atoms with Crippen LogP contribution >= 0.6 is 0 Å². The van der Waals surface area contributed by atoms with E-state index in [9.17, 15) is 9.59 Å². The molecule has 1 aliphatic heterocycles. The number of benzene rings is 2. The molecule has 2 aromatic carbocycles. The molecule has 4 heteroatoms. The van der Waals surface area contributed by atoms with Crippen molar-refractivity contribution in [3.63, 3.8) is 0 Å². The summed E-state index contributed by atoms with van der Waals surface area (Å²) in [6, 6.07) is 14.6. The first-order valence-electron chi connectivity index (χ1n) is 8.81. The van der Waals surface area contributed by atoms with Crippen LogP contribution in [0.2, 0.25) is 0 Å². The van der Waals surface area contributed by atoms with Gasteiger partial charge >= 0.3 is 6.09 Å². The van der Waals surface area contributed by atoms with Gasteiger partial charge in [0.05, 0.1) is 6.54 Å². The second-order valence-electron chi connectivity index (χ2n) is 7.70. The van der Waals surface area contributed by atoms with E-state index in [1.54, 1.807) is 0 Å². The third kappa shape index (κ3) is 4.19. The Balaban J connectivity index is 1.64. The van der Waals surface area contributed by atoms with Gasteiger partial charge < -0.3 is 9.64 Å². The maximum absolute atomic E-state index is 12.3. The van der Waals surface area contributed by atoms with Gasteiger partial charge in [0.15, 0.2) is 5.78 Å². The fourth-order valence-corrected chi connectivity index (χ4v) is 3.31. The molecule has 25 heavy (non-hydrogen) atoms. The van der Waals surface area contributed by atoms with E-state index in [1.807, 2.05) is 32.9 Å². The first-order valence-corrected chi connectivity index (χ1v) is 8.81. The Labute approximate surface area is 148 Å². The Kier molecular flexibility index (Phi) is 4.80. The number of hydrogen-bond acceptors (Lipinski definition) is 3. The van der Waals surface area contributed by atoms with Gasteiger partial charge in [-0.3, -0.25) is 4.79 Å². The standard InChI is InChI=1S/C21H25NO3/c1-21(2,3)25-20(24)22-13-17(19(23)14-22)12-11-16-9-6-8-15-7-4-5-10-18(15)16/h4-10,17H,11-14H2,1-3H3. The second kappa shape index (κ2) is 6.87. The smallest absolute Gasteiger partial charge is 0.410 e. The lowest BCUT2D eigenvalue weighted by Crippen LogP contribution is -2.35. The van der Waals surface area contributed by atoms with E-state index in [0.717, 1.165) is 12.8 Å². The van der Waals surface area contributed by atoms with Gasteiger partial charge in [0.1, 0.15) is 5.60 Å². The highest BCUT2D eigenvalue weighted by molar-refractivity contribution is 5.90. The molecule has 0 N–H and O–H groups in total. The summed E-state index contributed by atoms with van der Waals surface area (Å²) in [5, 5.41) is 2.45. The molecule has 1 unspecified atom stereocenters. The lowest BCUT2D eigenvalue weighted by molar-refractivity contribution is -0.120. The number of amides is 1. The Morgan fingerprint density at radius 1 is 1.16 bits per heavy atom. The number of carbonyl (C=O) groups excluding carboxylic acids is 2. The highest BCUT2D eigenvalue weighted by atomic mass is 16.6. The average Bonchev–Trinajstić information content (AvgIpc) is 2.92. The third-order valence-electron chi connectivity index (χ3n) is 4.54. The van der Waals surface area contributed by atoms with Crippen molar-refractivity contribution in [3.05, 3.63) is 48.0 Å². The van der Waals surface area contributed by atoms with Crippen LogP contribution in [0.1, 0.15) is 32.8 Å². The second-order valence-corrected chi connectivity index (χ2v) is 7.70. The first kappa shape index (κ1) is 17.5. The van der Waals surface area contributed by atoms with E-state index in [-0.39, 0.29) is 18.2 Å². The molecule has 0 aliphatic carbocycles. The normalized spacial score (nSPS) is 18.0. The molecule has 1 atom stereocenters. The number of Topliss-reactive ketones (excluding diaryl/α,β-unsaturated/α-hetero) is 1. The summed E-state index contributed by atoms with van der Waals surface area (Å²) in [5.74, 6) is 0.0255. The van der Waals surface area contributed by atoms with Crippen molar-refractivity contribution in [1.82, 2.24) is 4.90 Å². The van der Waals surface area contributed by atoms with Gasteiger partial charge in [-0.05, 0) is 49.9 Å². The number of aryl methyl sites for hydroxylation is 1. The van der Waals surface area contributed by atoms with E-state index in [4.69, 9.17) is 4.74 Å². The van der Waals surface area contributed by atoms with E-state index in [2.05, 4.69) is 30.3 Å². The number of likely N-dealkylation sites (tertiary alicyclic amines) is 1. The molecule has 1 saturated heterocycles. The zero-order chi connectivity index (χ0) is 18.0. The fourth-order valence-electron chi connectivity index (χ4n) is 3.31. The minimum absolute atomic E-state index is 0.105. The van der Waals surface area contributed by atoms with Crippen LogP contribution in [0.15, 0.2) is 42.5 Å². The molecule has 1 fully saturated rings. The van der Waals surface area contributed by atoms with Crippen LogP contribution in [0.4, 0.5) is 4.79 Å². The van der Waals surface area contributed by atoms with Gasteiger partial charge in [-0.15, -0.1) is 0 Å². The summed E-state index contributed by atoms with van der Waals surface area (Å²) in [7, 11) is 0. The van der Waals surface area contributed by atoms with Gasteiger partial charge in [-0.25, -0.2) is 4.79 Å². The maximum Gasteiger partial charge on any atom is 0.410 e. The number of rotatable bonds is 3. The number of carbonyl (C=O) groups is 2. The Morgan fingerprint density at radius 2 is 1.88 bits per heavy atom. The van der Waals surface area contributed by atoms with Crippen LogP contribution in [-0.4, -0.2) is 35.5 Å². The van der Waals surface area contributed by atoms with Crippen LogP contribution in [0.3, 0.4) is 0 Å². The van der Waals surface area contributed by atoms with Gasteiger partial charge in [-0.1, -0.05) is 42.5 Å². The molecule has 3 rings (SSSR count). The molecule has 1 aliphatic rings. The van der Waals surface area contributed by atoms with Crippen molar-refractivity contribution in [2.45, 2.75) is 39.2 Å². The van der Waals surface area contributed by atoms with Crippen molar-refractivity contribution in [2.24, 2.45) is 5.92 Å². The van der Waals surface area contributed by atoms with E-state index in [1.165, 1.54) is 21.2 Å². The molecular formula is C21H25NO3. The van der Waals surface area contributed by atoms with Crippen molar-refractivity contribution < 1.29 is 14.3 Å². The molecule has 132 valence electrons. The van der Waals surface area contributed by atoms with E-state index < -0.39 is 11.7 Å².